The van der Waals surface area contributed by atoms with Gasteiger partial charge in [0.25, 0.3) is 5.91 Å². The quantitative estimate of drug-likeness (QED) is 0.609. The summed E-state index contributed by atoms with van der Waals surface area (Å²) in [6, 6.07) is 14.6. The molecule has 0 aliphatic carbocycles. The minimum atomic E-state index is -0.357. The first-order valence-corrected chi connectivity index (χ1v) is 9.37. The van der Waals surface area contributed by atoms with Gasteiger partial charge in [-0.25, -0.2) is 18.7 Å². The summed E-state index contributed by atoms with van der Waals surface area (Å²) in [5, 5.41) is 5.84. The van der Waals surface area contributed by atoms with Gasteiger partial charge in [0.1, 0.15) is 29.0 Å². The van der Waals surface area contributed by atoms with Crippen molar-refractivity contribution in [3.8, 4) is 0 Å². The highest BCUT2D eigenvalue weighted by Gasteiger charge is 2.11. The lowest BCUT2D eigenvalue weighted by molar-refractivity contribution is 0.0948. The monoisotopic (exact) mass is 396 g/mol. The van der Waals surface area contributed by atoms with Crippen LogP contribution in [0.4, 0.5) is 14.6 Å². The van der Waals surface area contributed by atoms with Crippen LogP contribution in [0.3, 0.4) is 0 Å². The number of amides is 1. The molecule has 0 bridgehead atoms. The number of carbonyl (C=O) groups excluding carboxylic acids is 1. The van der Waals surface area contributed by atoms with Crippen molar-refractivity contribution in [2.75, 3.05) is 18.4 Å². The van der Waals surface area contributed by atoms with E-state index in [1.807, 2.05) is 0 Å². The molecular formula is C22H22F2N4O. The van der Waals surface area contributed by atoms with Crippen molar-refractivity contribution in [3.63, 3.8) is 0 Å². The van der Waals surface area contributed by atoms with Crippen molar-refractivity contribution in [3.05, 3.63) is 88.9 Å². The lowest BCUT2D eigenvalue weighted by atomic mass is 10.1. The molecule has 0 unspecified atom stereocenters. The van der Waals surface area contributed by atoms with E-state index in [0.717, 1.165) is 0 Å². The van der Waals surface area contributed by atoms with E-state index in [-0.39, 0.29) is 23.2 Å². The number of nitrogens with zero attached hydrogens (tertiary/aromatic N) is 2. The minimum Gasteiger partial charge on any atom is -0.370 e. The van der Waals surface area contributed by atoms with Crippen LogP contribution in [-0.4, -0.2) is 29.0 Å². The van der Waals surface area contributed by atoms with Gasteiger partial charge >= 0.3 is 0 Å². The lowest BCUT2D eigenvalue weighted by Crippen LogP contribution is -2.27. The second-order valence-electron chi connectivity index (χ2n) is 6.55. The van der Waals surface area contributed by atoms with Gasteiger partial charge in [-0.3, -0.25) is 4.79 Å². The Bertz CT molecular complexity index is 994. The molecule has 150 valence electrons. The van der Waals surface area contributed by atoms with Gasteiger partial charge in [0.2, 0.25) is 0 Å². The average molecular weight is 396 g/mol. The number of aryl methyl sites for hydroxylation is 1. The standard InChI is InChI=1S/C22H22F2N4O/c1-15-27-20(22(29)26-13-11-17-7-3-5-9-19(17)24)14-21(28-15)25-12-10-16-6-2-4-8-18(16)23/h2-9,14H,10-13H2,1H3,(H,26,29)(H,25,27,28). The van der Waals surface area contributed by atoms with Gasteiger partial charge in [-0.05, 0) is 43.0 Å². The van der Waals surface area contributed by atoms with E-state index >= 15 is 0 Å². The van der Waals surface area contributed by atoms with E-state index in [4.69, 9.17) is 0 Å². The second-order valence-corrected chi connectivity index (χ2v) is 6.55. The Balaban J connectivity index is 1.55. The van der Waals surface area contributed by atoms with Crippen molar-refractivity contribution >= 4 is 11.7 Å². The van der Waals surface area contributed by atoms with E-state index < -0.39 is 0 Å². The summed E-state index contributed by atoms with van der Waals surface area (Å²) in [7, 11) is 0. The Morgan fingerprint density at radius 3 is 2.10 bits per heavy atom. The summed E-state index contributed by atoms with van der Waals surface area (Å²) >= 11 is 0. The highest BCUT2D eigenvalue weighted by molar-refractivity contribution is 5.92. The molecule has 0 spiro atoms. The Hall–Kier alpha value is -3.35. The van der Waals surface area contributed by atoms with Gasteiger partial charge in [0.05, 0.1) is 0 Å². The molecule has 0 saturated heterocycles. The molecular weight excluding hydrogens is 374 g/mol. The summed E-state index contributed by atoms with van der Waals surface area (Å²) in [5.74, 6) is 0.0429. The number of hydrogen-bond acceptors (Lipinski definition) is 4. The molecule has 0 fully saturated rings. The van der Waals surface area contributed by atoms with E-state index in [2.05, 4.69) is 20.6 Å². The van der Waals surface area contributed by atoms with Gasteiger partial charge in [-0.1, -0.05) is 36.4 Å². The Morgan fingerprint density at radius 2 is 1.48 bits per heavy atom. The predicted octanol–water partition coefficient (Wildman–Crippen LogP) is 3.69. The van der Waals surface area contributed by atoms with Crippen molar-refractivity contribution in [2.24, 2.45) is 0 Å². The lowest BCUT2D eigenvalue weighted by Gasteiger charge is -2.10. The summed E-state index contributed by atoms with van der Waals surface area (Å²) in [6.45, 7) is 2.45. The molecule has 3 rings (SSSR count). The molecule has 2 aromatic carbocycles. The Morgan fingerprint density at radius 1 is 0.897 bits per heavy atom. The molecule has 0 saturated carbocycles. The third kappa shape index (κ3) is 5.81. The van der Waals surface area contributed by atoms with Crippen LogP contribution in [0.2, 0.25) is 0 Å². The first kappa shape index (κ1) is 20.4. The smallest absolute Gasteiger partial charge is 0.270 e. The molecule has 1 amide bonds. The zero-order chi connectivity index (χ0) is 20.6. The minimum absolute atomic E-state index is 0.222. The normalized spacial score (nSPS) is 10.6. The zero-order valence-corrected chi connectivity index (χ0v) is 16.1. The fourth-order valence-electron chi connectivity index (χ4n) is 2.90. The SMILES string of the molecule is Cc1nc(NCCc2ccccc2F)cc(C(=O)NCCc2ccccc2F)n1. The molecule has 5 nitrogen and oxygen atoms in total. The number of rotatable bonds is 8. The van der Waals surface area contributed by atoms with E-state index in [0.29, 0.717) is 48.7 Å². The third-order valence-corrected chi connectivity index (χ3v) is 4.37. The molecule has 0 radical (unpaired) electrons. The van der Waals surface area contributed by atoms with Crippen molar-refractivity contribution in [2.45, 2.75) is 19.8 Å². The highest BCUT2D eigenvalue weighted by Crippen LogP contribution is 2.10. The zero-order valence-electron chi connectivity index (χ0n) is 16.1. The fourth-order valence-corrected chi connectivity index (χ4v) is 2.90. The van der Waals surface area contributed by atoms with Crippen LogP contribution in [0.25, 0.3) is 0 Å². The molecule has 2 N–H and O–H groups in total. The average Bonchev–Trinajstić information content (AvgIpc) is 2.70. The number of aromatic nitrogens is 2. The van der Waals surface area contributed by atoms with E-state index in [1.165, 1.54) is 12.1 Å². The van der Waals surface area contributed by atoms with Crippen molar-refractivity contribution in [1.29, 1.82) is 0 Å². The first-order valence-electron chi connectivity index (χ1n) is 9.37. The summed E-state index contributed by atoms with van der Waals surface area (Å²) in [5.41, 5.74) is 1.37. The maximum absolute atomic E-state index is 13.7. The van der Waals surface area contributed by atoms with Crippen LogP contribution < -0.4 is 10.6 Å². The molecule has 1 heterocycles. The molecule has 7 heteroatoms. The first-order chi connectivity index (χ1) is 14.0. The second kappa shape index (κ2) is 9.73. The van der Waals surface area contributed by atoms with Crippen LogP contribution in [0, 0.1) is 18.6 Å². The van der Waals surface area contributed by atoms with Crippen molar-refractivity contribution in [1.82, 2.24) is 15.3 Å². The maximum atomic E-state index is 13.7. The molecule has 3 aromatic rings. The maximum Gasteiger partial charge on any atom is 0.270 e. The van der Waals surface area contributed by atoms with Crippen LogP contribution in [0.15, 0.2) is 54.6 Å². The number of nitrogens with one attached hydrogen (secondary N) is 2. The number of anilines is 1. The molecule has 0 aliphatic heterocycles. The highest BCUT2D eigenvalue weighted by atomic mass is 19.1. The largest absolute Gasteiger partial charge is 0.370 e. The number of halogens is 2. The van der Waals surface area contributed by atoms with Gasteiger partial charge < -0.3 is 10.6 Å². The summed E-state index contributed by atoms with van der Waals surface area (Å²) in [6.07, 6.45) is 0.871. The van der Waals surface area contributed by atoms with Gasteiger partial charge in [0, 0.05) is 19.2 Å². The predicted molar refractivity (Wildman–Crippen MR) is 108 cm³/mol. The molecule has 0 atom stereocenters. The van der Waals surface area contributed by atoms with E-state index in [9.17, 15) is 13.6 Å². The number of carbonyl (C=O) groups is 1. The summed E-state index contributed by atoms with van der Waals surface area (Å²) in [4.78, 5) is 20.8. The fraction of sp³-hybridized carbons (Fsp3) is 0.227. The van der Waals surface area contributed by atoms with Gasteiger partial charge in [0.15, 0.2) is 0 Å². The van der Waals surface area contributed by atoms with E-state index in [1.54, 1.807) is 49.4 Å². The van der Waals surface area contributed by atoms with Crippen LogP contribution >= 0.6 is 0 Å². The van der Waals surface area contributed by atoms with Crippen LogP contribution in [0.5, 0.6) is 0 Å². The van der Waals surface area contributed by atoms with Gasteiger partial charge in [-0.15, -0.1) is 0 Å². The number of hydrogen-bond donors (Lipinski definition) is 2. The van der Waals surface area contributed by atoms with Gasteiger partial charge in [-0.2, -0.15) is 0 Å². The summed E-state index contributed by atoms with van der Waals surface area (Å²) < 4.78 is 27.3. The van der Waals surface area contributed by atoms with Crippen LogP contribution in [0.1, 0.15) is 27.4 Å². The van der Waals surface area contributed by atoms with Crippen molar-refractivity contribution < 1.29 is 13.6 Å². The molecule has 0 aliphatic rings. The van der Waals surface area contributed by atoms with Crippen LogP contribution in [-0.2, 0) is 12.8 Å². The third-order valence-electron chi connectivity index (χ3n) is 4.37. The Labute approximate surface area is 168 Å². The molecule has 1 aromatic heterocycles. The Kier molecular flexibility index (Phi) is 6.84. The topological polar surface area (TPSA) is 66.9 Å². The number of benzene rings is 2. The molecule has 29 heavy (non-hydrogen) atoms.